The number of halogens is 1. The summed E-state index contributed by atoms with van der Waals surface area (Å²) in [6.07, 6.45) is 9.11. The van der Waals surface area contributed by atoms with Gasteiger partial charge in [0.05, 0.1) is 5.69 Å². The molecule has 2 fully saturated rings. The predicted molar refractivity (Wildman–Crippen MR) is 179 cm³/mol. The van der Waals surface area contributed by atoms with Crippen LogP contribution in [0, 0.1) is 23.1 Å². The zero-order valence-electron chi connectivity index (χ0n) is 26.0. The molecule has 1 aromatic carbocycles. The Hall–Kier alpha value is -4.82. The zero-order chi connectivity index (χ0) is 31.8. The van der Waals surface area contributed by atoms with Crippen molar-refractivity contribution in [3.8, 4) is 28.5 Å². The first kappa shape index (κ1) is 29.9. The molecule has 0 atom stereocenters. The van der Waals surface area contributed by atoms with Crippen molar-refractivity contribution in [2.24, 2.45) is 5.92 Å². The van der Waals surface area contributed by atoms with Crippen LogP contribution in [0.1, 0.15) is 43.2 Å². The van der Waals surface area contributed by atoms with Crippen molar-refractivity contribution >= 4 is 39.7 Å². The molecule has 1 aliphatic carbocycles. The number of hydrogen-bond donors (Lipinski definition) is 0. The average molecular weight is 635 g/mol. The van der Waals surface area contributed by atoms with E-state index in [1.54, 1.807) is 12.1 Å². The van der Waals surface area contributed by atoms with Gasteiger partial charge < -0.3 is 14.7 Å². The molecular formula is C35H35FN8OS. The molecule has 5 heterocycles. The lowest BCUT2D eigenvalue weighted by Gasteiger charge is -2.36. The number of pyridine rings is 2. The van der Waals surface area contributed by atoms with Gasteiger partial charge in [-0.1, -0.05) is 31.1 Å². The fraction of sp³-hybridized carbons (Fsp3) is 0.343. The third kappa shape index (κ3) is 5.58. The maximum Gasteiger partial charge on any atom is 0.225 e. The van der Waals surface area contributed by atoms with Crippen LogP contribution >= 0.6 is 11.3 Å². The minimum Gasteiger partial charge on any atom is -0.353 e. The molecule has 7 rings (SSSR count). The molecule has 1 saturated carbocycles. The van der Waals surface area contributed by atoms with Gasteiger partial charge in [0.2, 0.25) is 5.91 Å². The number of piperazine rings is 1. The third-order valence-electron chi connectivity index (χ3n) is 9.14. The highest BCUT2D eigenvalue weighted by molar-refractivity contribution is 7.16. The van der Waals surface area contributed by atoms with Crippen LogP contribution in [0.5, 0.6) is 0 Å². The van der Waals surface area contributed by atoms with Gasteiger partial charge in [0.1, 0.15) is 39.7 Å². The highest BCUT2D eigenvalue weighted by atomic mass is 32.1. The van der Waals surface area contributed by atoms with Gasteiger partial charge in [-0.2, -0.15) is 5.26 Å². The number of aryl methyl sites for hydroxylation is 1. The topological polar surface area (TPSA) is 93.7 Å². The predicted octanol–water partition coefficient (Wildman–Crippen LogP) is 6.70. The van der Waals surface area contributed by atoms with Crippen molar-refractivity contribution in [3.63, 3.8) is 0 Å². The fourth-order valence-corrected chi connectivity index (χ4v) is 7.45. The maximum atomic E-state index is 13.6. The first-order valence-electron chi connectivity index (χ1n) is 15.8. The molecule has 5 aromatic rings. The van der Waals surface area contributed by atoms with E-state index in [9.17, 15) is 14.4 Å². The SMILES string of the molecule is CCc1nc2ccc(-c3ccc(N4CCN(C(=O)C5CCCC5)CC4)nc3)cn2c1N(C)c1nc(-c2ccc(F)cc2)c(C#N)s1. The van der Waals surface area contributed by atoms with Gasteiger partial charge in [-0.3, -0.25) is 9.20 Å². The summed E-state index contributed by atoms with van der Waals surface area (Å²) in [5.74, 6) is 2.02. The molecule has 46 heavy (non-hydrogen) atoms. The molecule has 1 amide bonds. The number of carbonyl (C=O) groups excluding carboxylic acids is 1. The molecule has 0 spiro atoms. The van der Waals surface area contributed by atoms with E-state index < -0.39 is 0 Å². The standard InChI is InChI=1S/C35H35FN8OS/c1-3-28-33(41(2)35-40-32(29(20-37)46-35)23-8-12-27(36)13-9-23)44-22-26(11-15-31(44)39-28)25-10-14-30(38-21-25)42-16-18-43(19-17-42)34(45)24-6-4-5-7-24/h8-15,21-22,24H,3-7,16-19H2,1-2H3. The van der Waals surface area contributed by atoms with Crippen LogP contribution in [-0.4, -0.2) is 63.4 Å². The maximum absolute atomic E-state index is 13.6. The average Bonchev–Trinajstić information content (AvgIpc) is 3.87. The molecule has 9 nitrogen and oxygen atoms in total. The summed E-state index contributed by atoms with van der Waals surface area (Å²) in [7, 11) is 1.93. The van der Waals surface area contributed by atoms with Crippen molar-refractivity contribution in [1.29, 1.82) is 5.26 Å². The molecule has 4 aromatic heterocycles. The highest BCUT2D eigenvalue weighted by Gasteiger charge is 2.30. The van der Waals surface area contributed by atoms with Crippen molar-refractivity contribution in [3.05, 3.63) is 77.3 Å². The van der Waals surface area contributed by atoms with E-state index in [-0.39, 0.29) is 11.7 Å². The number of benzene rings is 1. The van der Waals surface area contributed by atoms with E-state index in [4.69, 9.17) is 15.0 Å². The number of thiazole rings is 1. The molecule has 2 aliphatic rings. The summed E-state index contributed by atoms with van der Waals surface area (Å²) in [6, 6.07) is 16.5. The van der Waals surface area contributed by atoms with Gasteiger partial charge in [0.25, 0.3) is 0 Å². The van der Waals surface area contributed by atoms with Crippen LogP contribution in [0.25, 0.3) is 28.0 Å². The van der Waals surface area contributed by atoms with Gasteiger partial charge in [-0.25, -0.2) is 19.3 Å². The normalized spacial score (nSPS) is 15.4. The monoisotopic (exact) mass is 634 g/mol. The molecular weight excluding hydrogens is 600 g/mol. The van der Waals surface area contributed by atoms with Crippen molar-refractivity contribution < 1.29 is 9.18 Å². The number of fused-ring (bicyclic) bond motifs is 1. The quantitative estimate of drug-likeness (QED) is 0.197. The van der Waals surface area contributed by atoms with Crippen LogP contribution in [0.2, 0.25) is 0 Å². The molecule has 234 valence electrons. The summed E-state index contributed by atoms with van der Waals surface area (Å²) in [5.41, 5.74) is 4.94. The van der Waals surface area contributed by atoms with Crippen LogP contribution in [0.3, 0.4) is 0 Å². The first-order valence-corrected chi connectivity index (χ1v) is 16.7. The van der Waals surface area contributed by atoms with E-state index >= 15 is 0 Å². The number of rotatable bonds is 7. The van der Waals surface area contributed by atoms with Crippen molar-refractivity contribution in [2.75, 3.05) is 43.0 Å². The lowest BCUT2D eigenvalue weighted by molar-refractivity contribution is -0.135. The van der Waals surface area contributed by atoms with Gasteiger partial charge in [0, 0.05) is 68.2 Å². The number of imidazole rings is 1. The number of anilines is 3. The van der Waals surface area contributed by atoms with Crippen LogP contribution < -0.4 is 9.80 Å². The van der Waals surface area contributed by atoms with Crippen molar-refractivity contribution in [1.82, 2.24) is 24.3 Å². The second-order valence-electron chi connectivity index (χ2n) is 11.9. The number of carbonyl (C=O) groups is 1. The lowest BCUT2D eigenvalue weighted by atomic mass is 10.1. The van der Waals surface area contributed by atoms with Crippen LogP contribution in [-0.2, 0) is 11.2 Å². The van der Waals surface area contributed by atoms with Gasteiger partial charge in [-0.15, -0.1) is 0 Å². The Morgan fingerprint density at radius 2 is 1.72 bits per heavy atom. The van der Waals surface area contributed by atoms with E-state index in [1.807, 2.05) is 29.1 Å². The van der Waals surface area contributed by atoms with E-state index in [0.717, 1.165) is 73.1 Å². The molecule has 0 bridgehead atoms. The van der Waals surface area contributed by atoms with Gasteiger partial charge >= 0.3 is 0 Å². The third-order valence-corrected chi connectivity index (χ3v) is 10.2. The molecule has 1 aliphatic heterocycles. The Labute approximate surface area is 271 Å². The number of amides is 1. The number of aromatic nitrogens is 4. The van der Waals surface area contributed by atoms with Crippen molar-refractivity contribution in [2.45, 2.75) is 39.0 Å². The largest absolute Gasteiger partial charge is 0.353 e. The molecule has 0 unspecified atom stereocenters. The lowest BCUT2D eigenvalue weighted by Crippen LogP contribution is -2.50. The minimum absolute atomic E-state index is 0.223. The first-order chi connectivity index (χ1) is 22.4. The Balaban J connectivity index is 1.12. The molecule has 11 heteroatoms. The minimum atomic E-state index is -0.334. The number of nitriles is 1. The van der Waals surface area contributed by atoms with Gasteiger partial charge in [-0.05, 0) is 67.8 Å². The highest BCUT2D eigenvalue weighted by Crippen LogP contribution is 2.37. The van der Waals surface area contributed by atoms with E-state index in [0.29, 0.717) is 33.6 Å². The van der Waals surface area contributed by atoms with E-state index in [2.05, 4.69) is 46.7 Å². The number of nitrogens with zero attached hydrogens (tertiary/aromatic N) is 8. The fourth-order valence-electron chi connectivity index (χ4n) is 6.60. The second-order valence-corrected chi connectivity index (χ2v) is 12.9. The number of hydrogen-bond acceptors (Lipinski definition) is 8. The van der Waals surface area contributed by atoms with Gasteiger partial charge in [0.15, 0.2) is 5.13 Å². The summed E-state index contributed by atoms with van der Waals surface area (Å²) in [4.78, 5) is 34.1. The summed E-state index contributed by atoms with van der Waals surface area (Å²) >= 11 is 1.30. The second kappa shape index (κ2) is 12.5. The Kier molecular flexibility index (Phi) is 8.13. The van der Waals surface area contributed by atoms with E-state index in [1.165, 1.54) is 36.3 Å². The Morgan fingerprint density at radius 3 is 2.39 bits per heavy atom. The summed E-state index contributed by atoms with van der Waals surface area (Å²) < 4.78 is 15.6. The summed E-state index contributed by atoms with van der Waals surface area (Å²) in [6.45, 7) is 5.13. The smallest absolute Gasteiger partial charge is 0.225 e. The summed E-state index contributed by atoms with van der Waals surface area (Å²) in [5, 5.41) is 10.5. The zero-order valence-corrected chi connectivity index (χ0v) is 26.8. The molecule has 0 N–H and O–H groups in total. The molecule has 0 radical (unpaired) electrons. The molecule has 1 saturated heterocycles. The Bertz CT molecular complexity index is 1910. The Morgan fingerprint density at radius 1 is 1.00 bits per heavy atom. The van der Waals surface area contributed by atoms with Crippen LogP contribution in [0.4, 0.5) is 21.2 Å². The van der Waals surface area contributed by atoms with Crippen LogP contribution in [0.15, 0.2) is 60.9 Å².